The number of piperazine rings is 1. The van der Waals surface area contributed by atoms with Crippen molar-refractivity contribution in [3.8, 4) is 0 Å². The summed E-state index contributed by atoms with van der Waals surface area (Å²) < 4.78 is 33.1. The lowest BCUT2D eigenvalue weighted by molar-refractivity contribution is 0.0240. The first-order chi connectivity index (χ1) is 16.0. The third-order valence-electron chi connectivity index (χ3n) is 5.79. The summed E-state index contributed by atoms with van der Waals surface area (Å²) in [4.78, 5) is 28.1. The molecule has 0 radical (unpaired) electrons. The number of hydrogen-bond donors (Lipinski definition) is 0. The number of rotatable bonds is 4. The van der Waals surface area contributed by atoms with Crippen molar-refractivity contribution < 1.29 is 22.7 Å². The SMILES string of the molecule is Cc1ccc(S(=O)(=O)n2cc(C=O)c3cc(N4CCN(C(=O)OC(C)(C)C)CC4)ccc32)cc1. The summed E-state index contributed by atoms with van der Waals surface area (Å²) >= 11 is 0. The molecule has 180 valence electrons. The average Bonchev–Trinajstić information content (AvgIpc) is 3.17. The highest BCUT2D eigenvalue weighted by Gasteiger charge is 2.27. The van der Waals surface area contributed by atoms with Crippen molar-refractivity contribution in [2.24, 2.45) is 0 Å². The fourth-order valence-corrected chi connectivity index (χ4v) is 5.38. The molecular formula is C25H29N3O5S. The van der Waals surface area contributed by atoms with Gasteiger partial charge in [-0.15, -0.1) is 0 Å². The maximum atomic E-state index is 13.3. The minimum Gasteiger partial charge on any atom is -0.444 e. The van der Waals surface area contributed by atoms with Crippen molar-refractivity contribution in [3.05, 3.63) is 59.8 Å². The third-order valence-corrected chi connectivity index (χ3v) is 7.47. The number of anilines is 1. The molecule has 1 aliphatic rings. The van der Waals surface area contributed by atoms with Gasteiger partial charge in [-0.25, -0.2) is 17.2 Å². The zero-order valence-corrected chi connectivity index (χ0v) is 20.6. The maximum Gasteiger partial charge on any atom is 0.410 e. The van der Waals surface area contributed by atoms with Crippen LogP contribution in [0.3, 0.4) is 0 Å². The zero-order chi connectivity index (χ0) is 24.7. The molecule has 1 saturated heterocycles. The summed E-state index contributed by atoms with van der Waals surface area (Å²) in [5, 5.41) is 0.567. The Labute approximate surface area is 199 Å². The normalized spacial score (nSPS) is 14.9. The topological polar surface area (TPSA) is 88.9 Å². The molecule has 0 aliphatic carbocycles. The van der Waals surface area contributed by atoms with Crippen LogP contribution >= 0.6 is 0 Å². The van der Waals surface area contributed by atoms with Crippen LogP contribution in [0, 0.1) is 6.92 Å². The summed E-state index contributed by atoms with van der Waals surface area (Å²) in [6, 6.07) is 12.0. The lowest BCUT2D eigenvalue weighted by Crippen LogP contribution is -2.50. The van der Waals surface area contributed by atoms with Crippen molar-refractivity contribution in [1.29, 1.82) is 0 Å². The molecule has 0 atom stereocenters. The first-order valence-corrected chi connectivity index (χ1v) is 12.6. The van der Waals surface area contributed by atoms with Gasteiger partial charge >= 0.3 is 6.09 Å². The van der Waals surface area contributed by atoms with E-state index in [0.29, 0.717) is 48.9 Å². The van der Waals surface area contributed by atoms with Crippen LogP contribution in [0.4, 0.5) is 10.5 Å². The number of benzene rings is 2. The summed E-state index contributed by atoms with van der Waals surface area (Å²) in [5.74, 6) is 0. The van der Waals surface area contributed by atoms with Crippen LogP contribution in [-0.4, -0.2) is 61.4 Å². The van der Waals surface area contributed by atoms with E-state index in [4.69, 9.17) is 4.74 Å². The van der Waals surface area contributed by atoms with Crippen LogP contribution in [0.5, 0.6) is 0 Å². The molecule has 9 heteroatoms. The lowest BCUT2D eigenvalue weighted by atomic mass is 10.1. The third kappa shape index (κ3) is 4.65. The molecule has 1 fully saturated rings. The summed E-state index contributed by atoms with van der Waals surface area (Å²) in [6.07, 6.45) is 1.72. The van der Waals surface area contributed by atoms with E-state index in [2.05, 4.69) is 4.90 Å². The van der Waals surface area contributed by atoms with Gasteiger partial charge in [0, 0.05) is 49.0 Å². The van der Waals surface area contributed by atoms with Gasteiger partial charge in [0.25, 0.3) is 10.0 Å². The molecule has 2 aromatic carbocycles. The van der Waals surface area contributed by atoms with Gasteiger partial charge in [-0.2, -0.15) is 0 Å². The molecule has 4 rings (SSSR count). The van der Waals surface area contributed by atoms with Crippen molar-refractivity contribution in [1.82, 2.24) is 8.87 Å². The molecule has 0 N–H and O–H groups in total. The van der Waals surface area contributed by atoms with E-state index in [1.54, 1.807) is 35.2 Å². The van der Waals surface area contributed by atoms with Gasteiger partial charge in [0.2, 0.25) is 0 Å². The number of fused-ring (bicyclic) bond motifs is 1. The number of ether oxygens (including phenoxy) is 1. The number of carbonyl (C=O) groups is 2. The Bertz CT molecular complexity index is 1330. The average molecular weight is 484 g/mol. The minimum absolute atomic E-state index is 0.162. The number of aromatic nitrogens is 1. The van der Waals surface area contributed by atoms with E-state index in [9.17, 15) is 18.0 Å². The van der Waals surface area contributed by atoms with E-state index in [0.717, 1.165) is 11.3 Å². The first kappa shape index (κ1) is 23.8. The molecule has 0 spiro atoms. The summed E-state index contributed by atoms with van der Waals surface area (Å²) in [5.41, 5.74) is 2.03. The molecular weight excluding hydrogens is 454 g/mol. The summed E-state index contributed by atoms with van der Waals surface area (Å²) in [7, 11) is -3.86. The molecule has 3 aromatic rings. The van der Waals surface area contributed by atoms with Gasteiger partial charge in [-0.1, -0.05) is 17.7 Å². The largest absolute Gasteiger partial charge is 0.444 e. The Morgan fingerprint density at radius 2 is 1.65 bits per heavy atom. The van der Waals surface area contributed by atoms with Gasteiger partial charge in [-0.3, -0.25) is 4.79 Å². The van der Waals surface area contributed by atoms with Gasteiger partial charge in [0.1, 0.15) is 5.60 Å². The molecule has 0 saturated carbocycles. The van der Waals surface area contributed by atoms with E-state index >= 15 is 0 Å². The van der Waals surface area contributed by atoms with Crippen molar-refractivity contribution >= 4 is 39.0 Å². The Morgan fingerprint density at radius 1 is 1.00 bits per heavy atom. The van der Waals surface area contributed by atoms with Crippen molar-refractivity contribution in [2.75, 3.05) is 31.1 Å². The van der Waals surface area contributed by atoms with Crippen LogP contribution < -0.4 is 4.90 Å². The Balaban J connectivity index is 1.60. The predicted molar refractivity (Wildman–Crippen MR) is 131 cm³/mol. The Hall–Kier alpha value is -3.33. The first-order valence-electron chi connectivity index (χ1n) is 11.1. The second-order valence-corrected chi connectivity index (χ2v) is 11.3. The molecule has 2 heterocycles. The van der Waals surface area contributed by atoms with Crippen LogP contribution in [0.2, 0.25) is 0 Å². The van der Waals surface area contributed by atoms with E-state index in [1.807, 2.05) is 39.8 Å². The second-order valence-electron chi connectivity index (χ2n) is 9.47. The number of aryl methyl sites for hydroxylation is 1. The van der Waals surface area contributed by atoms with E-state index in [1.165, 1.54) is 10.2 Å². The highest BCUT2D eigenvalue weighted by Crippen LogP contribution is 2.30. The van der Waals surface area contributed by atoms with Crippen LogP contribution in [-0.2, 0) is 14.8 Å². The number of amides is 1. The zero-order valence-electron chi connectivity index (χ0n) is 19.8. The Kier molecular flexibility index (Phi) is 6.16. The van der Waals surface area contributed by atoms with Crippen LogP contribution in [0.15, 0.2) is 53.6 Å². The smallest absolute Gasteiger partial charge is 0.410 e. The quantitative estimate of drug-likeness (QED) is 0.520. The van der Waals surface area contributed by atoms with Gasteiger partial charge < -0.3 is 14.5 Å². The highest BCUT2D eigenvalue weighted by atomic mass is 32.2. The fourth-order valence-electron chi connectivity index (χ4n) is 4.00. The molecule has 1 aromatic heterocycles. The van der Waals surface area contributed by atoms with Gasteiger partial charge in [-0.05, 0) is 58.0 Å². The lowest BCUT2D eigenvalue weighted by Gasteiger charge is -2.36. The Morgan fingerprint density at radius 3 is 2.24 bits per heavy atom. The molecule has 0 unspecified atom stereocenters. The van der Waals surface area contributed by atoms with Gasteiger partial charge in [0.05, 0.1) is 10.4 Å². The number of nitrogens with zero attached hydrogens (tertiary/aromatic N) is 3. The van der Waals surface area contributed by atoms with E-state index < -0.39 is 15.6 Å². The fraction of sp³-hybridized carbons (Fsp3) is 0.360. The highest BCUT2D eigenvalue weighted by molar-refractivity contribution is 7.90. The molecule has 0 bridgehead atoms. The van der Waals surface area contributed by atoms with E-state index in [-0.39, 0.29) is 11.0 Å². The monoisotopic (exact) mass is 483 g/mol. The molecule has 1 amide bonds. The standard InChI is InChI=1S/C25H29N3O5S/c1-18-5-8-21(9-6-18)34(31,32)28-16-19(17-29)22-15-20(7-10-23(22)28)26-11-13-27(14-12-26)24(30)33-25(2,3)4/h5-10,15-17H,11-14H2,1-4H3. The molecule has 1 aliphatic heterocycles. The number of aldehydes is 1. The van der Waals surface area contributed by atoms with Crippen LogP contribution in [0.25, 0.3) is 10.9 Å². The molecule has 8 nitrogen and oxygen atoms in total. The predicted octanol–water partition coefficient (Wildman–Crippen LogP) is 4.06. The minimum atomic E-state index is -3.86. The van der Waals surface area contributed by atoms with Crippen LogP contribution in [0.1, 0.15) is 36.7 Å². The second kappa shape index (κ2) is 8.79. The van der Waals surface area contributed by atoms with Crippen molar-refractivity contribution in [2.45, 2.75) is 38.2 Å². The number of carbonyl (C=O) groups excluding carboxylic acids is 2. The van der Waals surface area contributed by atoms with Crippen molar-refractivity contribution in [3.63, 3.8) is 0 Å². The molecule has 34 heavy (non-hydrogen) atoms. The summed E-state index contributed by atoms with van der Waals surface area (Å²) in [6.45, 7) is 9.63. The number of hydrogen-bond acceptors (Lipinski definition) is 6. The van der Waals surface area contributed by atoms with Gasteiger partial charge in [0.15, 0.2) is 6.29 Å². The maximum absolute atomic E-state index is 13.3.